The van der Waals surface area contributed by atoms with E-state index in [-0.39, 0.29) is 22.2 Å². The number of unbranched alkanes of at least 4 members (excludes halogenated alkanes) is 1. The van der Waals surface area contributed by atoms with Gasteiger partial charge in [0.2, 0.25) is 0 Å². The zero-order chi connectivity index (χ0) is 28.4. The van der Waals surface area contributed by atoms with Crippen LogP contribution in [0.15, 0.2) is 72.3 Å². The number of ether oxygens (including phenoxy) is 2. The average Bonchev–Trinajstić information content (AvgIpc) is 3.50. The number of amides is 1. The summed E-state index contributed by atoms with van der Waals surface area (Å²) in [6.07, 6.45) is 1.81. The number of methoxy groups -OCH3 is 1. The Morgan fingerprint density at radius 2 is 1.88 bits per heavy atom. The van der Waals surface area contributed by atoms with Crippen LogP contribution in [0.4, 0.5) is 10.8 Å². The molecule has 5 rings (SSSR count). The lowest BCUT2D eigenvalue weighted by Gasteiger charge is -2.23. The van der Waals surface area contributed by atoms with Crippen LogP contribution in [0.5, 0.6) is 11.5 Å². The highest BCUT2D eigenvalue weighted by molar-refractivity contribution is 7.22. The number of hydrogen-bond acceptors (Lipinski definition) is 9. The molecule has 40 heavy (non-hydrogen) atoms. The van der Waals surface area contributed by atoms with Crippen molar-refractivity contribution in [3.8, 4) is 11.5 Å². The highest BCUT2D eigenvalue weighted by Crippen LogP contribution is 2.45. The minimum Gasteiger partial charge on any atom is -0.507 e. The maximum atomic E-state index is 13.5. The van der Waals surface area contributed by atoms with E-state index in [2.05, 4.69) is 4.98 Å². The van der Waals surface area contributed by atoms with Crippen LogP contribution in [0, 0.1) is 10.1 Å². The molecule has 4 aromatic rings. The van der Waals surface area contributed by atoms with Crippen molar-refractivity contribution in [2.75, 3.05) is 18.6 Å². The molecule has 1 atom stereocenters. The molecule has 2 heterocycles. The van der Waals surface area contributed by atoms with Crippen molar-refractivity contribution in [1.29, 1.82) is 0 Å². The highest BCUT2D eigenvalue weighted by atomic mass is 32.1. The molecule has 0 spiro atoms. The molecule has 1 fully saturated rings. The molecule has 204 valence electrons. The fraction of sp³-hybridized carbons (Fsp3) is 0.207. The van der Waals surface area contributed by atoms with Gasteiger partial charge < -0.3 is 14.6 Å². The molecule has 1 aliphatic rings. The first kappa shape index (κ1) is 26.8. The van der Waals surface area contributed by atoms with Crippen molar-refractivity contribution >= 4 is 49.8 Å². The lowest BCUT2D eigenvalue weighted by Crippen LogP contribution is -2.29. The number of aliphatic hydroxyl groups is 1. The molecule has 10 nitrogen and oxygen atoms in total. The molecule has 3 aromatic carbocycles. The molecule has 1 saturated heterocycles. The van der Waals surface area contributed by atoms with Crippen molar-refractivity contribution in [1.82, 2.24) is 4.98 Å². The summed E-state index contributed by atoms with van der Waals surface area (Å²) in [4.78, 5) is 43.5. The van der Waals surface area contributed by atoms with Crippen LogP contribution in [-0.4, -0.2) is 40.4 Å². The summed E-state index contributed by atoms with van der Waals surface area (Å²) in [5.41, 5.74) is 1.000. The van der Waals surface area contributed by atoms with E-state index in [1.165, 1.54) is 40.5 Å². The van der Waals surface area contributed by atoms with Crippen LogP contribution in [0.25, 0.3) is 16.0 Å². The number of nitro benzene ring substituents is 1. The second kappa shape index (κ2) is 11.1. The maximum Gasteiger partial charge on any atom is 0.301 e. The number of aliphatic hydroxyl groups excluding tert-OH is 1. The Balaban J connectivity index is 1.65. The average molecular weight is 560 g/mol. The van der Waals surface area contributed by atoms with Crippen LogP contribution in [-0.2, 0) is 9.59 Å². The molecular formula is C29H25N3O7S. The fourth-order valence-electron chi connectivity index (χ4n) is 4.47. The normalized spacial score (nSPS) is 16.4. The summed E-state index contributed by atoms with van der Waals surface area (Å²) in [7, 11) is 1.54. The molecule has 0 saturated carbocycles. The number of rotatable bonds is 9. The van der Waals surface area contributed by atoms with Crippen LogP contribution in [0.2, 0.25) is 0 Å². The highest BCUT2D eigenvalue weighted by Gasteiger charge is 2.48. The molecular weight excluding hydrogens is 534 g/mol. The number of nitro groups is 1. The van der Waals surface area contributed by atoms with E-state index in [9.17, 15) is 24.8 Å². The maximum absolute atomic E-state index is 13.5. The summed E-state index contributed by atoms with van der Waals surface area (Å²) >= 11 is 1.19. The van der Waals surface area contributed by atoms with E-state index in [1.54, 1.807) is 49.6 Å². The topological polar surface area (TPSA) is 132 Å². The first-order chi connectivity index (χ1) is 19.3. The van der Waals surface area contributed by atoms with Crippen LogP contribution in [0.3, 0.4) is 0 Å². The van der Waals surface area contributed by atoms with E-state index in [0.717, 1.165) is 17.5 Å². The number of hydrogen-bond donors (Lipinski definition) is 1. The van der Waals surface area contributed by atoms with E-state index in [0.29, 0.717) is 34.7 Å². The molecule has 1 unspecified atom stereocenters. The Bertz CT molecular complexity index is 1650. The number of aromatic nitrogens is 1. The van der Waals surface area contributed by atoms with Gasteiger partial charge >= 0.3 is 5.91 Å². The minimum absolute atomic E-state index is 0.148. The number of carbonyl (C=O) groups excluding carboxylic acids is 2. The van der Waals surface area contributed by atoms with Gasteiger partial charge in [0.05, 0.1) is 40.5 Å². The number of non-ortho nitro benzene ring substituents is 1. The van der Waals surface area contributed by atoms with Crippen LogP contribution < -0.4 is 14.4 Å². The summed E-state index contributed by atoms with van der Waals surface area (Å²) in [6.45, 7) is 2.54. The Hall–Kier alpha value is -4.77. The third-order valence-corrected chi connectivity index (χ3v) is 7.55. The Kier molecular flexibility index (Phi) is 7.47. The zero-order valence-electron chi connectivity index (χ0n) is 21.7. The van der Waals surface area contributed by atoms with Crippen LogP contribution >= 0.6 is 11.3 Å². The molecule has 1 N–H and O–H groups in total. The summed E-state index contributed by atoms with van der Waals surface area (Å²) in [5, 5.41) is 22.9. The number of fused-ring (bicyclic) bond motifs is 1. The lowest BCUT2D eigenvalue weighted by molar-refractivity contribution is -0.384. The number of nitrogens with zero attached hydrogens (tertiary/aromatic N) is 3. The predicted molar refractivity (Wildman–Crippen MR) is 151 cm³/mol. The summed E-state index contributed by atoms with van der Waals surface area (Å²) in [6, 6.07) is 16.4. The van der Waals surface area contributed by atoms with Crippen molar-refractivity contribution in [2.24, 2.45) is 0 Å². The van der Waals surface area contributed by atoms with Gasteiger partial charge in [0, 0.05) is 17.7 Å². The Morgan fingerprint density at radius 1 is 1.10 bits per heavy atom. The summed E-state index contributed by atoms with van der Waals surface area (Å²) < 4.78 is 11.8. The van der Waals surface area contributed by atoms with Gasteiger partial charge in [0.1, 0.15) is 17.3 Å². The van der Waals surface area contributed by atoms with Crippen molar-refractivity contribution in [3.63, 3.8) is 0 Å². The fourth-order valence-corrected chi connectivity index (χ4v) is 5.49. The van der Waals surface area contributed by atoms with Crippen LogP contribution in [0.1, 0.15) is 36.9 Å². The number of thiazole rings is 1. The number of anilines is 1. The molecule has 1 aromatic heterocycles. The molecule has 1 aliphatic heterocycles. The SMILES string of the molecule is CCCCOc1cccc(/C(O)=C2\C(=O)C(=O)N(c3nc4ccc(OC)cc4s3)C2c2ccc([N+](=O)[O-])cc2)c1. The number of benzene rings is 3. The quantitative estimate of drug-likeness (QED) is 0.0658. The van der Waals surface area contributed by atoms with Crippen molar-refractivity contribution < 1.29 is 29.1 Å². The van der Waals surface area contributed by atoms with Gasteiger partial charge in [-0.1, -0.05) is 36.8 Å². The standard InChI is InChI=1S/C29H25N3O7S/c1-3-4-14-39-21-7-5-6-18(15-21)26(33)24-25(17-8-10-19(11-9-17)32(36)37)31(28(35)27(24)34)29-30-22-13-12-20(38-2)16-23(22)40-29/h5-13,15-16,25,33H,3-4,14H2,1-2H3/b26-24+. The van der Waals surface area contributed by atoms with E-state index in [1.807, 2.05) is 6.92 Å². The van der Waals surface area contributed by atoms with Gasteiger partial charge in [0.25, 0.3) is 11.5 Å². The lowest BCUT2D eigenvalue weighted by atomic mass is 9.95. The number of Topliss-reactive ketones (excluding diaryl/α,β-unsaturated/α-hetero) is 1. The smallest absolute Gasteiger partial charge is 0.301 e. The molecule has 0 bridgehead atoms. The first-order valence-corrected chi connectivity index (χ1v) is 13.4. The Morgan fingerprint density at radius 3 is 2.58 bits per heavy atom. The van der Waals surface area contributed by atoms with Gasteiger partial charge in [-0.2, -0.15) is 0 Å². The van der Waals surface area contributed by atoms with Gasteiger partial charge in [-0.3, -0.25) is 24.6 Å². The van der Waals surface area contributed by atoms with Gasteiger partial charge in [-0.15, -0.1) is 0 Å². The van der Waals surface area contributed by atoms with E-state index >= 15 is 0 Å². The monoisotopic (exact) mass is 559 g/mol. The number of ketones is 1. The largest absolute Gasteiger partial charge is 0.507 e. The number of carbonyl (C=O) groups is 2. The van der Waals surface area contributed by atoms with Gasteiger partial charge in [-0.25, -0.2) is 4.98 Å². The molecule has 11 heteroatoms. The predicted octanol–water partition coefficient (Wildman–Crippen LogP) is 6.02. The second-order valence-electron chi connectivity index (χ2n) is 9.08. The van der Waals surface area contributed by atoms with Gasteiger partial charge in [0.15, 0.2) is 5.13 Å². The molecule has 0 aliphatic carbocycles. The summed E-state index contributed by atoms with van der Waals surface area (Å²) in [5.74, 6) is -1.02. The molecule has 0 radical (unpaired) electrons. The van der Waals surface area contributed by atoms with E-state index < -0.39 is 22.7 Å². The second-order valence-corrected chi connectivity index (χ2v) is 10.1. The minimum atomic E-state index is -1.08. The zero-order valence-corrected chi connectivity index (χ0v) is 22.5. The van der Waals surface area contributed by atoms with Gasteiger partial charge in [-0.05, 0) is 54.4 Å². The molecule has 1 amide bonds. The third-order valence-electron chi connectivity index (χ3n) is 6.53. The van der Waals surface area contributed by atoms with Crippen molar-refractivity contribution in [2.45, 2.75) is 25.8 Å². The van der Waals surface area contributed by atoms with Crippen molar-refractivity contribution in [3.05, 3.63) is 93.5 Å². The first-order valence-electron chi connectivity index (χ1n) is 12.6. The Labute approximate surface area is 233 Å². The third kappa shape index (κ3) is 4.98. The van der Waals surface area contributed by atoms with E-state index in [4.69, 9.17) is 9.47 Å².